The molecule has 0 saturated heterocycles. The number of fused-ring (bicyclic) bond motifs is 1. The van der Waals surface area contributed by atoms with Gasteiger partial charge >= 0.3 is 0 Å². The second-order valence-corrected chi connectivity index (χ2v) is 11.8. The van der Waals surface area contributed by atoms with Gasteiger partial charge in [0.2, 0.25) is 0 Å². The van der Waals surface area contributed by atoms with Crippen LogP contribution in [-0.4, -0.2) is 22.1 Å². The molecule has 0 fully saturated rings. The maximum Gasteiger partial charge on any atom is 0.258 e. The third-order valence-electron chi connectivity index (χ3n) is 8.11. The average molecular weight is 562 g/mol. The average Bonchev–Trinajstić information content (AvgIpc) is 3.33. The third-order valence-corrected chi connectivity index (χ3v) is 8.11. The van der Waals surface area contributed by atoms with Gasteiger partial charge in [0, 0.05) is 6.54 Å². The number of amides is 1. The minimum Gasteiger partial charge on any atom is -0.483 e. The van der Waals surface area contributed by atoms with Crippen LogP contribution < -0.4 is 10.1 Å². The summed E-state index contributed by atoms with van der Waals surface area (Å²) >= 11 is 0. The highest BCUT2D eigenvalue weighted by Crippen LogP contribution is 2.20. The molecule has 0 saturated carbocycles. The number of aryl methyl sites for hydroxylation is 3. The van der Waals surface area contributed by atoms with Crippen molar-refractivity contribution in [3.8, 4) is 5.75 Å². The second-order valence-electron chi connectivity index (χ2n) is 11.8. The summed E-state index contributed by atoms with van der Waals surface area (Å²) < 4.78 is 8.06. The molecule has 5 heteroatoms. The Kier molecular flexibility index (Phi) is 15.4. The van der Waals surface area contributed by atoms with Crippen molar-refractivity contribution in [3.05, 3.63) is 59.4 Å². The van der Waals surface area contributed by atoms with E-state index < -0.39 is 0 Å². The Hall–Kier alpha value is -2.82. The molecule has 3 rings (SSSR count). The first-order chi connectivity index (χ1) is 20.1. The van der Waals surface area contributed by atoms with Crippen LogP contribution >= 0.6 is 0 Å². The molecular weight excluding hydrogens is 506 g/mol. The van der Waals surface area contributed by atoms with Gasteiger partial charge in [-0.15, -0.1) is 0 Å². The van der Waals surface area contributed by atoms with Gasteiger partial charge in [0.15, 0.2) is 6.61 Å². The Balaban J connectivity index is 1.30. The van der Waals surface area contributed by atoms with Crippen LogP contribution in [-0.2, 0) is 17.9 Å². The summed E-state index contributed by atoms with van der Waals surface area (Å²) in [6.45, 7) is 7.65. The Morgan fingerprint density at radius 2 is 1.37 bits per heavy atom. The van der Waals surface area contributed by atoms with Gasteiger partial charge in [0.1, 0.15) is 11.6 Å². The van der Waals surface area contributed by atoms with Crippen LogP contribution in [0.2, 0.25) is 0 Å². The van der Waals surface area contributed by atoms with Crippen LogP contribution in [0.15, 0.2) is 42.5 Å². The number of hydrogen-bond donors (Lipinski definition) is 1. The molecule has 2 aromatic carbocycles. The molecule has 0 spiro atoms. The van der Waals surface area contributed by atoms with Crippen molar-refractivity contribution < 1.29 is 9.53 Å². The van der Waals surface area contributed by atoms with Gasteiger partial charge in [0.25, 0.3) is 5.91 Å². The molecule has 226 valence electrons. The van der Waals surface area contributed by atoms with Gasteiger partial charge in [-0.25, -0.2) is 4.98 Å². The normalized spacial score (nSPS) is 11.3. The molecule has 0 aliphatic carbocycles. The lowest BCUT2D eigenvalue weighted by molar-refractivity contribution is -0.123. The number of rotatable bonds is 22. The zero-order chi connectivity index (χ0) is 29.1. The highest BCUT2D eigenvalue weighted by molar-refractivity contribution is 5.78. The standard InChI is InChI=1S/C36H55N3O2/c1-4-5-6-7-8-9-10-11-12-13-14-15-16-17-18-21-26-39-33-23-20-19-22-32(33)38-35(39)28-37-36(40)29-41-34-27-30(2)24-25-31(34)3/h19-20,22-25,27H,4-18,21,26,28-29H2,1-3H3,(H,37,40). The Bertz CT molecular complexity index is 1150. The molecule has 1 heterocycles. The first-order valence-corrected chi connectivity index (χ1v) is 16.5. The smallest absolute Gasteiger partial charge is 0.258 e. The summed E-state index contributed by atoms with van der Waals surface area (Å²) in [5.41, 5.74) is 4.28. The highest BCUT2D eigenvalue weighted by atomic mass is 16.5. The summed E-state index contributed by atoms with van der Waals surface area (Å²) in [4.78, 5) is 17.4. The molecular formula is C36H55N3O2. The van der Waals surface area contributed by atoms with E-state index in [-0.39, 0.29) is 12.5 Å². The minimum absolute atomic E-state index is 0.00362. The van der Waals surface area contributed by atoms with Gasteiger partial charge in [-0.3, -0.25) is 4.79 Å². The van der Waals surface area contributed by atoms with E-state index in [0.29, 0.717) is 6.54 Å². The third kappa shape index (κ3) is 12.3. The highest BCUT2D eigenvalue weighted by Gasteiger charge is 2.12. The van der Waals surface area contributed by atoms with E-state index in [0.717, 1.165) is 46.7 Å². The van der Waals surface area contributed by atoms with Gasteiger partial charge in [-0.1, -0.05) is 128 Å². The van der Waals surface area contributed by atoms with Crippen LogP contribution in [0.25, 0.3) is 11.0 Å². The van der Waals surface area contributed by atoms with E-state index >= 15 is 0 Å². The summed E-state index contributed by atoms with van der Waals surface area (Å²) in [7, 11) is 0. The van der Waals surface area contributed by atoms with Crippen molar-refractivity contribution in [2.45, 2.75) is 137 Å². The van der Waals surface area contributed by atoms with Crippen molar-refractivity contribution in [2.24, 2.45) is 0 Å². The monoisotopic (exact) mass is 561 g/mol. The largest absolute Gasteiger partial charge is 0.483 e. The Morgan fingerprint density at radius 1 is 0.780 bits per heavy atom. The van der Waals surface area contributed by atoms with E-state index in [1.807, 2.05) is 44.2 Å². The predicted molar refractivity (Wildman–Crippen MR) is 173 cm³/mol. The van der Waals surface area contributed by atoms with Gasteiger partial charge in [0.05, 0.1) is 17.6 Å². The Labute approximate surface area is 249 Å². The number of benzene rings is 2. The fraction of sp³-hybridized carbons (Fsp3) is 0.611. The number of para-hydroxylation sites is 2. The number of nitrogens with one attached hydrogen (secondary N) is 1. The molecule has 0 bridgehead atoms. The molecule has 0 aliphatic heterocycles. The summed E-state index contributed by atoms with van der Waals surface area (Å²) in [6, 6.07) is 14.3. The molecule has 3 aromatic rings. The quantitative estimate of drug-likeness (QED) is 0.124. The Morgan fingerprint density at radius 3 is 2.00 bits per heavy atom. The first-order valence-electron chi connectivity index (χ1n) is 16.5. The lowest BCUT2D eigenvalue weighted by atomic mass is 10.0. The maximum atomic E-state index is 12.6. The molecule has 0 radical (unpaired) electrons. The van der Waals surface area contributed by atoms with Crippen LogP contribution in [0.5, 0.6) is 5.75 Å². The lowest BCUT2D eigenvalue weighted by Gasteiger charge is -2.12. The molecule has 0 aliphatic rings. The van der Waals surface area contributed by atoms with Crippen LogP contribution in [0.1, 0.15) is 127 Å². The molecule has 1 N–H and O–H groups in total. The molecule has 0 atom stereocenters. The molecule has 1 amide bonds. The summed E-state index contributed by atoms with van der Waals surface area (Å²) in [6.07, 6.45) is 21.9. The SMILES string of the molecule is CCCCCCCCCCCCCCCCCCn1c(CNC(=O)COc2cc(C)ccc2C)nc2ccccc21. The molecule has 0 unspecified atom stereocenters. The van der Waals surface area contributed by atoms with Crippen molar-refractivity contribution >= 4 is 16.9 Å². The number of nitrogens with zero attached hydrogens (tertiary/aromatic N) is 2. The number of hydrogen-bond acceptors (Lipinski definition) is 3. The predicted octanol–water partition coefficient (Wildman–Crippen LogP) is 9.61. The van der Waals surface area contributed by atoms with Crippen LogP contribution in [0, 0.1) is 13.8 Å². The van der Waals surface area contributed by atoms with Gasteiger partial charge < -0.3 is 14.6 Å². The lowest BCUT2D eigenvalue weighted by Crippen LogP contribution is -2.29. The molecule has 5 nitrogen and oxygen atoms in total. The number of carbonyl (C=O) groups is 1. The van der Waals surface area contributed by atoms with E-state index in [2.05, 4.69) is 28.9 Å². The zero-order valence-electron chi connectivity index (χ0n) is 26.2. The summed E-state index contributed by atoms with van der Waals surface area (Å²) in [5.74, 6) is 1.54. The number of aromatic nitrogens is 2. The second kappa shape index (κ2) is 19.3. The number of unbranched alkanes of at least 4 members (excludes halogenated alkanes) is 15. The van der Waals surface area contributed by atoms with E-state index in [1.54, 1.807) is 0 Å². The van der Waals surface area contributed by atoms with Crippen molar-refractivity contribution in [3.63, 3.8) is 0 Å². The van der Waals surface area contributed by atoms with Crippen LogP contribution in [0.4, 0.5) is 0 Å². The van der Waals surface area contributed by atoms with Gasteiger partial charge in [-0.05, 0) is 49.6 Å². The van der Waals surface area contributed by atoms with Crippen molar-refractivity contribution in [1.82, 2.24) is 14.9 Å². The number of imidazole rings is 1. The summed E-state index contributed by atoms with van der Waals surface area (Å²) in [5, 5.41) is 3.01. The molecule has 41 heavy (non-hydrogen) atoms. The van der Waals surface area contributed by atoms with E-state index in [1.165, 1.54) is 96.3 Å². The van der Waals surface area contributed by atoms with Crippen molar-refractivity contribution in [2.75, 3.05) is 6.61 Å². The fourth-order valence-corrected chi connectivity index (χ4v) is 5.56. The van der Waals surface area contributed by atoms with Crippen LogP contribution in [0.3, 0.4) is 0 Å². The minimum atomic E-state index is -0.132. The van der Waals surface area contributed by atoms with E-state index in [9.17, 15) is 4.79 Å². The number of carbonyl (C=O) groups excluding carboxylic acids is 1. The number of ether oxygens (including phenoxy) is 1. The topological polar surface area (TPSA) is 56.2 Å². The first kappa shape index (κ1) is 32.7. The van der Waals surface area contributed by atoms with Crippen molar-refractivity contribution in [1.29, 1.82) is 0 Å². The zero-order valence-corrected chi connectivity index (χ0v) is 26.2. The molecule has 1 aromatic heterocycles. The van der Waals surface area contributed by atoms with Gasteiger partial charge in [-0.2, -0.15) is 0 Å². The fourth-order valence-electron chi connectivity index (χ4n) is 5.56. The maximum absolute atomic E-state index is 12.6. The van der Waals surface area contributed by atoms with E-state index in [4.69, 9.17) is 9.72 Å².